The number of anilines is 1. The van der Waals surface area contributed by atoms with Gasteiger partial charge in [-0.15, -0.1) is 10.2 Å². The smallest absolute Gasteiger partial charge is 0.234 e. The fraction of sp³-hybridized carbons (Fsp3) is 0.250. The van der Waals surface area contributed by atoms with Crippen LogP contribution in [0.3, 0.4) is 0 Å². The molecule has 0 radical (unpaired) electrons. The van der Waals surface area contributed by atoms with Crippen LogP contribution in [0, 0.1) is 0 Å². The molecule has 0 bridgehead atoms. The summed E-state index contributed by atoms with van der Waals surface area (Å²) in [5.41, 5.74) is 0.565. The van der Waals surface area contributed by atoms with Crippen molar-refractivity contribution in [3.63, 3.8) is 0 Å². The van der Waals surface area contributed by atoms with Gasteiger partial charge in [0, 0.05) is 13.1 Å². The van der Waals surface area contributed by atoms with Crippen LogP contribution in [0.2, 0.25) is 5.02 Å². The molecule has 0 unspecified atom stereocenters. The molecule has 0 saturated carbocycles. The van der Waals surface area contributed by atoms with E-state index in [-0.39, 0.29) is 18.3 Å². The third-order valence-corrected chi connectivity index (χ3v) is 5.47. The number of rotatable bonds is 9. The molecule has 1 heterocycles. The number of ether oxygens (including phenoxy) is 3. The van der Waals surface area contributed by atoms with Gasteiger partial charge in [-0.25, -0.2) is 0 Å². The average Bonchev–Trinajstić information content (AvgIpc) is 3.11. The van der Waals surface area contributed by atoms with E-state index in [0.29, 0.717) is 38.9 Å². The molecule has 3 aromatic rings. The van der Waals surface area contributed by atoms with Gasteiger partial charge in [0.05, 0.1) is 30.7 Å². The number of carbonyl (C=O) groups is 1. The van der Waals surface area contributed by atoms with E-state index in [1.807, 2.05) is 19.2 Å². The van der Waals surface area contributed by atoms with E-state index in [2.05, 4.69) is 15.5 Å². The van der Waals surface area contributed by atoms with Gasteiger partial charge in [0.15, 0.2) is 11.0 Å². The van der Waals surface area contributed by atoms with Crippen molar-refractivity contribution in [1.29, 1.82) is 0 Å². The van der Waals surface area contributed by atoms with Crippen molar-refractivity contribution < 1.29 is 19.0 Å². The van der Waals surface area contributed by atoms with Crippen LogP contribution in [-0.4, -0.2) is 40.6 Å². The van der Waals surface area contributed by atoms with Crippen LogP contribution in [0.4, 0.5) is 5.69 Å². The van der Waals surface area contributed by atoms with Crippen LogP contribution < -0.4 is 19.5 Å². The second-order valence-corrected chi connectivity index (χ2v) is 7.43. The fourth-order valence-electron chi connectivity index (χ4n) is 2.52. The lowest BCUT2D eigenvalue weighted by Crippen LogP contribution is -2.15. The first-order chi connectivity index (χ1) is 14.5. The number of aromatic nitrogens is 3. The minimum absolute atomic E-state index is 0.159. The molecule has 8 nitrogen and oxygen atoms in total. The molecule has 158 valence electrons. The molecule has 2 aromatic carbocycles. The number of methoxy groups -OCH3 is 2. The van der Waals surface area contributed by atoms with Crippen molar-refractivity contribution in [2.75, 3.05) is 25.3 Å². The predicted molar refractivity (Wildman–Crippen MR) is 116 cm³/mol. The van der Waals surface area contributed by atoms with E-state index in [4.69, 9.17) is 25.8 Å². The number of hydrogen-bond acceptors (Lipinski definition) is 7. The van der Waals surface area contributed by atoms with E-state index in [0.717, 1.165) is 0 Å². The van der Waals surface area contributed by atoms with E-state index >= 15 is 0 Å². The number of nitrogens with one attached hydrogen (secondary N) is 1. The van der Waals surface area contributed by atoms with Gasteiger partial charge in [0.25, 0.3) is 0 Å². The van der Waals surface area contributed by atoms with Gasteiger partial charge in [-0.05, 0) is 24.3 Å². The first kappa shape index (κ1) is 21.8. The Hall–Kier alpha value is -2.91. The van der Waals surface area contributed by atoms with Gasteiger partial charge < -0.3 is 24.1 Å². The molecule has 0 aliphatic heterocycles. The number of carbonyl (C=O) groups excluding carboxylic acids is 1. The molecule has 1 aromatic heterocycles. The summed E-state index contributed by atoms with van der Waals surface area (Å²) in [6.45, 7) is 0.211. The maximum absolute atomic E-state index is 12.4. The van der Waals surface area contributed by atoms with Gasteiger partial charge >= 0.3 is 0 Å². The third-order valence-electron chi connectivity index (χ3n) is 4.13. The molecule has 10 heteroatoms. The van der Waals surface area contributed by atoms with Crippen molar-refractivity contribution >= 4 is 35.0 Å². The predicted octanol–water partition coefficient (Wildman–Crippen LogP) is 3.80. The van der Waals surface area contributed by atoms with Gasteiger partial charge in [-0.3, -0.25) is 4.79 Å². The van der Waals surface area contributed by atoms with Gasteiger partial charge in [0.2, 0.25) is 5.91 Å². The maximum atomic E-state index is 12.4. The minimum atomic E-state index is -0.194. The van der Waals surface area contributed by atoms with Crippen molar-refractivity contribution in [2.24, 2.45) is 7.05 Å². The third kappa shape index (κ3) is 5.37. The van der Waals surface area contributed by atoms with Crippen LogP contribution in [0.1, 0.15) is 5.82 Å². The van der Waals surface area contributed by atoms with Gasteiger partial charge in [-0.2, -0.15) is 0 Å². The zero-order valence-electron chi connectivity index (χ0n) is 16.7. The second kappa shape index (κ2) is 10.2. The summed E-state index contributed by atoms with van der Waals surface area (Å²) in [6.07, 6.45) is 0. The molecule has 30 heavy (non-hydrogen) atoms. The highest BCUT2D eigenvalue weighted by Gasteiger charge is 2.14. The second-order valence-electron chi connectivity index (χ2n) is 6.08. The lowest BCUT2D eigenvalue weighted by Gasteiger charge is -2.11. The van der Waals surface area contributed by atoms with Crippen LogP contribution >= 0.6 is 23.4 Å². The standard InChI is InChI=1S/C20H21ClN4O4S/c1-25-18(11-29-16-7-5-4-6-14(16)21)23-24-20(25)30-12-19(26)22-15-9-8-13(27-2)10-17(15)28-3/h4-10H,11-12H2,1-3H3,(H,22,26). The molecule has 0 spiro atoms. The molecule has 3 rings (SSSR count). The van der Waals surface area contributed by atoms with Crippen LogP contribution in [-0.2, 0) is 18.4 Å². The fourth-order valence-corrected chi connectivity index (χ4v) is 3.44. The Morgan fingerprint density at radius 2 is 1.93 bits per heavy atom. The summed E-state index contributed by atoms with van der Waals surface area (Å²) in [4.78, 5) is 12.4. The van der Waals surface area contributed by atoms with E-state index < -0.39 is 0 Å². The van der Waals surface area contributed by atoms with E-state index in [1.165, 1.54) is 18.9 Å². The molecule has 1 amide bonds. The van der Waals surface area contributed by atoms with Crippen molar-refractivity contribution in [1.82, 2.24) is 14.8 Å². The Bertz CT molecular complexity index is 1030. The summed E-state index contributed by atoms with van der Waals surface area (Å²) in [7, 11) is 4.92. The zero-order valence-corrected chi connectivity index (χ0v) is 18.3. The van der Waals surface area contributed by atoms with Crippen molar-refractivity contribution in [3.05, 3.63) is 53.3 Å². The topological polar surface area (TPSA) is 87.5 Å². The summed E-state index contributed by atoms with van der Waals surface area (Å²) in [5, 5.41) is 12.2. The molecule has 0 saturated heterocycles. The highest BCUT2D eigenvalue weighted by molar-refractivity contribution is 7.99. The summed E-state index contributed by atoms with van der Waals surface area (Å²) >= 11 is 7.36. The molecular formula is C20H21ClN4O4S. The monoisotopic (exact) mass is 448 g/mol. The molecule has 0 atom stereocenters. The van der Waals surface area contributed by atoms with E-state index in [9.17, 15) is 4.79 Å². The molecular weight excluding hydrogens is 428 g/mol. The first-order valence-corrected chi connectivity index (χ1v) is 10.3. The number of thioether (sulfide) groups is 1. The number of para-hydroxylation sites is 1. The van der Waals surface area contributed by atoms with Gasteiger partial charge in [0.1, 0.15) is 23.9 Å². The number of nitrogens with zero attached hydrogens (tertiary/aromatic N) is 3. The molecule has 1 N–H and O–H groups in total. The number of benzene rings is 2. The Kier molecular flexibility index (Phi) is 7.42. The maximum Gasteiger partial charge on any atom is 0.234 e. The number of amides is 1. The molecule has 0 fully saturated rings. The lowest BCUT2D eigenvalue weighted by atomic mass is 10.2. The Balaban J connectivity index is 1.56. The molecule has 0 aliphatic rings. The Morgan fingerprint density at radius 1 is 1.13 bits per heavy atom. The highest BCUT2D eigenvalue weighted by Crippen LogP contribution is 2.29. The quantitative estimate of drug-likeness (QED) is 0.498. The normalized spacial score (nSPS) is 10.5. The number of halogens is 1. The van der Waals surface area contributed by atoms with Gasteiger partial charge in [-0.1, -0.05) is 35.5 Å². The van der Waals surface area contributed by atoms with Crippen LogP contribution in [0.15, 0.2) is 47.6 Å². The minimum Gasteiger partial charge on any atom is -0.497 e. The summed E-state index contributed by atoms with van der Waals surface area (Å²) < 4.78 is 17.9. The summed E-state index contributed by atoms with van der Waals surface area (Å²) in [6, 6.07) is 12.4. The van der Waals surface area contributed by atoms with Crippen LogP contribution in [0.25, 0.3) is 0 Å². The SMILES string of the molecule is COc1ccc(NC(=O)CSc2nnc(COc3ccccc3Cl)n2C)c(OC)c1. The molecule has 0 aliphatic carbocycles. The average molecular weight is 449 g/mol. The first-order valence-electron chi connectivity index (χ1n) is 8.92. The lowest BCUT2D eigenvalue weighted by molar-refractivity contribution is -0.113. The Morgan fingerprint density at radius 3 is 2.67 bits per heavy atom. The largest absolute Gasteiger partial charge is 0.497 e. The highest BCUT2D eigenvalue weighted by atomic mass is 35.5. The zero-order chi connectivity index (χ0) is 21.5. The van der Waals surface area contributed by atoms with E-state index in [1.54, 1.807) is 42.0 Å². The van der Waals surface area contributed by atoms with Crippen LogP contribution in [0.5, 0.6) is 17.2 Å². The summed E-state index contributed by atoms with van der Waals surface area (Å²) in [5.74, 6) is 2.32. The van der Waals surface area contributed by atoms with Crippen molar-refractivity contribution in [3.8, 4) is 17.2 Å². The Labute approximate surface area is 183 Å². The van der Waals surface area contributed by atoms with Crippen molar-refractivity contribution in [2.45, 2.75) is 11.8 Å². The number of hydrogen-bond donors (Lipinski definition) is 1.